The summed E-state index contributed by atoms with van der Waals surface area (Å²) in [6.07, 6.45) is 0. The molecule has 5 heteroatoms. The van der Waals surface area contributed by atoms with Crippen LogP contribution in [0.5, 0.6) is 5.75 Å². The van der Waals surface area contributed by atoms with Crippen molar-refractivity contribution in [3.05, 3.63) is 29.8 Å². The number of carbonyl (C=O) groups excluding carboxylic acids is 1. The fourth-order valence-corrected chi connectivity index (χ4v) is 1.30. The summed E-state index contributed by atoms with van der Waals surface area (Å²) >= 11 is 0. The Hall–Kier alpha value is -2.06. The first-order valence-corrected chi connectivity index (χ1v) is 5.23. The minimum absolute atomic E-state index is 0.0413. The number of ether oxygens (including phenoxy) is 1. The summed E-state index contributed by atoms with van der Waals surface area (Å²) < 4.78 is 5.09. The van der Waals surface area contributed by atoms with E-state index in [4.69, 9.17) is 10.00 Å². The number of methoxy groups -OCH3 is 1. The fourth-order valence-electron chi connectivity index (χ4n) is 1.30. The molecule has 90 valence electrons. The number of benzene rings is 1. The van der Waals surface area contributed by atoms with Crippen molar-refractivity contribution >= 4 is 5.91 Å². The Balaban J connectivity index is 2.30. The minimum Gasteiger partial charge on any atom is -0.497 e. The van der Waals surface area contributed by atoms with Gasteiger partial charge in [-0.25, -0.2) is 0 Å². The Kier molecular flexibility index (Phi) is 5.55. The molecule has 1 amide bonds. The average Bonchev–Trinajstić information content (AvgIpc) is 2.36. The first-order valence-electron chi connectivity index (χ1n) is 5.23. The van der Waals surface area contributed by atoms with Gasteiger partial charge in [-0.15, -0.1) is 0 Å². The van der Waals surface area contributed by atoms with Gasteiger partial charge in [-0.2, -0.15) is 5.26 Å². The molecule has 5 nitrogen and oxygen atoms in total. The van der Waals surface area contributed by atoms with Crippen molar-refractivity contribution in [3.8, 4) is 11.8 Å². The molecule has 1 rings (SSSR count). The fraction of sp³-hybridized carbons (Fsp3) is 0.333. The van der Waals surface area contributed by atoms with Gasteiger partial charge in [0.1, 0.15) is 12.3 Å². The standard InChI is InChI=1S/C12H15N3O2/c1-17-11-4-2-3-10(7-11)8-14-9-12(16)15-6-5-13/h2-4,7,14H,6,8-9H2,1H3,(H,15,16). The summed E-state index contributed by atoms with van der Waals surface area (Å²) in [6, 6.07) is 9.45. The second-order valence-corrected chi connectivity index (χ2v) is 3.39. The quantitative estimate of drug-likeness (QED) is 0.698. The highest BCUT2D eigenvalue weighted by molar-refractivity contribution is 5.78. The number of nitrogens with zero attached hydrogens (tertiary/aromatic N) is 1. The van der Waals surface area contributed by atoms with Crippen LogP contribution in [0, 0.1) is 11.3 Å². The lowest BCUT2D eigenvalue weighted by Crippen LogP contribution is -2.33. The van der Waals surface area contributed by atoms with Crippen LogP contribution in [0.3, 0.4) is 0 Å². The summed E-state index contributed by atoms with van der Waals surface area (Å²) in [5.74, 6) is 0.604. The predicted molar refractivity (Wildman–Crippen MR) is 63.3 cm³/mol. The molecular weight excluding hydrogens is 218 g/mol. The van der Waals surface area contributed by atoms with Crippen LogP contribution in [-0.4, -0.2) is 26.1 Å². The molecule has 0 spiro atoms. The third-order valence-electron chi connectivity index (χ3n) is 2.11. The Bertz CT molecular complexity index is 412. The van der Waals surface area contributed by atoms with E-state index in [1.807, 2.05) is 30.3 Å². The van der Waals surface area contributed by atoms with Gasteiger partial charge in [0.25, 0.3) is 0 Å². The summed E-state index contributed by atoms with van der Waals surface area (Å²) in [4.78, 5) is 11.2. The topological polar surface area (TPSA) is 74.2 Å². The highest BCUT2D eigenvalue weighted by Crippen LogP contribution is 2.11. The maximum Gasteiger partial charge on any atom is 0.234 e. The number of nitriles is 1. The van der Waals surface area contributed by atoms with Gasteiger partial charge in [0.15, 0.2) is 0 Å². The molecule has 0 unspecified atom stereocenters. The van der Waals surface area contributed by atoms with E-state index in [1.54, 1.807) is 7.11 Å². The van der Waals surface area contributed by atoms with Crippen molar-refractivity contribution in [2.75, 3.05) is 20.2 Å². The number of nitrogens with one attached hydrogen (secondary N) is 2. The monoisotopic (exact) mass is 233 g/mol. The smallest absolute Gasteiger partial charge is 0.234 e. The molecule has 0 aliphatic rings. The van der Waals surface area contributed by atoms with E-state index in [0.29, 0.717) is 6.54 Å². The highest BCUT2D eigenvalue weighted by atomic mass is 16.5. The van der Waals surface area contributed by atoms with Crippen LogP contribution in [0.1, 0.15) is 5.56 Å². The molecule has 1 aromatic rings. The largest absolute Gasteiger partial charge is 0.497 e. The molecule has 0 bridgehead atoms. The number of rotatable bonds is 6. The molecule has 0 atom stereocenters. The third-order valence-corrected chi connectivity index (χ3v) is 2.11. The maximum atomic E-state index is 11.2. The van der Waals surface area contributed by atoms with E-state index in [2.05, 4.69) is 10.6 Å². The Labute approximate surface area is 100 Å². The summed E-state index contributed by atoms with van der Waals surface area (Å²) in [5, 5.41) is 13.7. The van der Waals surface area contributed by atoms with E-state index >= 15 is 0 Å². The first-order chi connectivity index (χ1) is 8.26. The van der Waals surface area contributed by atoms with E-state index in [9.17, 15) is 4.79 Å². The molecular formula is C12H15N3O2. The molecule has 2 N–H and O–H groups in total. The molecule has 0 saturated carbocycles. The summed E-state index contributed by atoms with van der Waals surface area (Å²) in [7, 11) is 1.61. The van der Waals surface area contributed by atoms with Crippen LogP contribution < -0.4 is 15.4 Å². The van der Waals surface area contributed by atoms with Crippen LogP contribution in [0.25, 0.3) is 0 Å². The van der Waals surface area contributed by atoms with Gasteiger partial charge in [-0.1, -0.05) is 12.1 Å². The number of hydrogen-bond acceptors (Lipinski definition) is 4. The van der Waals surface area contributed by atoms with Crippen LogP contribution in [0.4, 0.5) is 0 Å². The van der Waals surface area contributed by atoms with E-state index in [-0.39, 0.29) is 19.0 Å². The van der Waals surface area contributed by atoms with Gasteiger partial charge >= 0.3 is 0 Å². The van der Waals surface area contributed by atoms with Crippen LogP contribution in [-0.2, 0) is 11.3 Å². The molecule has 0 radical (unpaired) electrons. The van der Waals surface area contributed by atoms with Gasteiger partial charge < -0.3 is 15.4 Å². The Morgan fingerprint density at radius 2 is 2.35 bits per heavy atom. The number of carbonyl (C=O) groups is 1. The van der Waals surface area contributed by atoms with Crippen molar-refractivity contribution in [1.82, 2.24) is 10.6 Å². The Morgan fingerprint density at radius 3 is 3.06 bits per heavy atom. The normalized spacial score (nSPS) is 9.41. The number of amides is 1. The molecule has 0 aliphatic heterocycles. The number of hydrogen-bond donors (Lipinski definition) is 2. The van der Waals surface area contributed by atoms with Crippen molar-refractivity contribution < 1.29 is 9.53 Å². The summed E-state index contributed by atoms with van der Waals surface area (Å²) in [6.45, 7) is 0.815. The zero-order valence-electron chi connectivity index (χ0n) is 9.69. The zero-order valence-corrected chi connectivity index (χ0v) is 9.69. The highest BCUT2D eigenvalue weighted by Gasteiger charge is 2.00. The molecule has 0 fully saturated rings. The van der Waals surface area contributed by atoms with Crippen LogP contribution in [0.2, 0.25) is 0 Å². The lowest BCUT2D eigenvalue weighted by molar-refractivity contribution is -0.120. The average molecular weight is 233 g/mol. The van der Waals surface area contributed by atoms with E-state index in [1.165, 1.54) is 0 Å². The van der Waals surface area contributed by atoms with Gasteiger partial charge in [-0.3, -0.25) is 4.79 Å². The first kappa shape index (κ1) is 13.0. The van der Waals surface area contributed by atoms with Gasteiger partial charge in [-0.05, 0) is 17.7 Å². The van der Waals surface area contributed by atoms with Gasteiger partial charge in [0.2, 0.25) is 5.91 Å². The SMILES string of the molecule is COc1cccc(CNCC(=O)NCC#N)c1. The van der Waals surface area contributed by atoms with Crippen LogP contribution in [0.15, 0.2) is 24.3 Å². The Morgan fingerprint density at radius 1 is 1.53 bits per heavy atom. The third kappa shape index (κ3) is 5.00. The molecule has 0 aliphatic carbocycles. The summed E-state index contributed by atoms with van der Waals surface area (Å²) in [5.41, 5.74) is 1.04. The lowest BCUT2D eigenvalue weighted by atomic mass is 10.2. The van der Waals surface area contributed by atoms with E-state index in [0.717, 1.165) is 11.3 Å². The molecule has 17 heavy (non-hydrogen) atoms. The van der Waals surface area contributed by atoms with Crippen LogP contribution >= 0.6 is 0 Å². The molecule has 0 saturated heterocycles. The minimum atomic E-state index is -0.186. The predicted octanol–water partition coefficient (Wildman–Crippen LogP) is 0.425. The lowest BCUT2D eigenvalue weighted by Gasteiger charge is -2.06. The van der Waals surface area contributed by atoms with E-state index < -0.39 is 0 Å². The molecule has 0 heterocycles. The second kappa shape index (κ2) is 7.25. The second-order valence-electron chi connectivity index (χ2n) is 3.39. The maximum absolute atomic E-state index is 11.2. The molecule has 1 aromatic carbocycles. The van der Waals surface area contributed by atoms with Gasteiger partial charge in [0, 0.05) is 6.54 Å². The van der Waals surface area contributed by atoms with Crippen molar-refractivity contribution in [3.63, 3.8) is 0 Å². The van der Waals surface area contributed by atoms with Crippen molar-refractivity contribution in [2.24, 2.45) is 0 Å². The van der Waals surface area contributed by atoms with Crippen molar-refractivity contribution in [2.45, 2.75) is 6.54 Å². The molecule has 0 aromatic heterocycles. The van der Waals surface area contributed by atoms with Gasteiger partial charge in [0.05, 0.1) is 19.7 Å². The van der Waals surface area contributed by atoms with Crippen molar-refractivity contribution in [1.29, 1.82) is 5.26 Å². The zero-order chi connectivity index (χ0) is 12.5.